The van der Waals surface area contributed by atoms with E-state index in [0.29, 0.717) is 0 Å². The molecular weight excluding hydrogens is 390 g/mol. The average Bonchev–Trinajstić information content (AvgIpc) is 2.67. The number of aromatic amines is 1. The van der Waals surface area contributed by atoms with Crippen LogP contribution in [0.15, 0.2) is 57.8 Å². The van der Waals surface area contributed by atoms with Crippen molar-refractivity contribution >= 4 is 32.5 Å². The Labute approximate surface area is 161 Å². The fraction of sp³-hybridized carbons (Fsp3) is 0.286. The Balaban J connectivity index is 1.52. The number of nitrogens with one attached hydrogen (secondary N) is 2. The molecule has 0 radical (unpaired) electrons. The van der Waals surface area contributed by atoms with Gasteiger partial charge in [0.25, 0.3) is 0 Å². The van der Waals surface area contributed by atoms with Crippen molar-refractivity contribution in [1.82, 2.24) is 4.98 Å². The largest absolute Gasteiger partial charge is 0.360 e. The van der Waals surface area contributed by atoms with Crippen LogP contribution in [0.4, 0.5) is 5.69 Å². The predicted octanol–water partition coefficient (Wildman–Crippen LogP) is 2.50. The maximum Gasteiger partial charge on any atom is 0.198 e. The zero-order valence-corrected chi connectivity index (χ0v) is 16.5. The Morgan fingerprint density at radius 3 is 2.58 bits per heavy atom. The van der Waals surface area contributed by atoms with E-state index >= 15 is 0 Å². The molecule has 1 aliphatic rings. The molecule has 1 fully saturated rings. The monoisotopic (exact) mass is 412 g/mol. The standard InChI is InChI=1S/C21H22BrN3O/c1-15-19(21(26)18-13-16(22)7-8-20(18)23-15)14-24-9-11-25(12-10-24)17-5-3-2-4-6-17/h2-8,13H,9-12,14H2,1H3,(H,23,26)/p+1. The molecule has 0 amide bonds. The molecule has 0 atom stereocenters. The molecule has 4 rings (SSSR count). The van der Waals surface area contributed by atoms with E-state index in [1.165, 1.54) is 10.6 Å². The number of rotatable bonds is 3. The number of benzene rings is 2. The van der Waals surface area contributed by atoms with Crippen LogP contribution in [-0.2, 0) is 6.54 Å². The number of hydrogen-bond donors (Lipinski definition) is 2. The van der Waals surface area contributed by atoms with Gasteiger partial charge < -0.3 is 14.8 Å². The molecule has 4 nitrogen and oxygen atoms in total. The highest BCUT2D eigenvalue weighted by atomic mass is 79.9. The van der Waals surface area contributed by atoms with Gasteiger partial charge in [0.2, 0.25) is 0 Å². The topological polar surface area (TPSA) is 40.5 Å². The Hall–Kier alpha value is -2.11. The van der Waals surface area contributed by atoms with E-state index in [-0.39, 0.29) is 5.43 Å². The Morgan fingerprint density at radius 2 is 1.85 bits per heavy atom. The van der Waals surface area contributed by atoms with E-state index in [1.54, 1.807) is 0 Å². The highest BCUT2D eigenvalue weighted by molar-refractivity contribution is 9.10. The van der Waals surface area contributed by atoms with Crippen LogP contribution in [0.25, 0.3) is 10.9 Å². The van der Waals surface area contributed by atoms with Crippen molar-refractivity contribution in [2.24, 2.45) is 0 Å². The quantitative estimate of drug-likeness (QED) is 0.693. The Kier molecular flexibility index (Phi) is 4.83. The van der Waals surface area contributed by atoms with Crippen LogP contribution in [0.5, 0.6) is 0 Å². The highest BCUT2D eigenvalue weighted by Gasteiger charge is 2.22. The minimum atomic E-state index is 0.163. The number of nitrogens with zero attached hydrogens (tertiary/aromatic N) is 1. The van der Waals surface area contributed by atoms with E-state index in [0.717, 1.165) is 59.4 Å². The third kappa shape index (κ3) is 3.41. The van der Waals surface area contributed by atoms with Gasteiger partial charge in [0.1, 0.15) is 6.54 Å². The lowest BCUT2D eigenvalue weighted by atomic mass is 10.1. The van der Waals surface area contributed by atoms with Crippen molar-refractivity contribution in [2.45, 2.75) is 13.5 Å². The van der Waals surface area contributed by atoms with Crippen LogP contribution in [0.1, 0.15) is 11.3 Å². The molecule has 5 heteroatoms. The summed E-state index contributed by atoms with van der Waals surface area (Å²) in [7, 11) is 0. The molecule has 26 heavy (non-hydrogen) atoms. The number of pyridine rings is 1. The van der Waals surface area contributed by atoms with Crippen LogP contribution >= 0.6 is 15.9 Å². The molecule has 2 aromatic carbocycles. The van der Waals surface area contributed by atoms with Crippen LogP contribution in [-0.4, -0.2) is 31.2 Å². The van der Waals surface area contributed by atoms with Gasteiger partial charge in [-0.3, -0.25) is 4.79 Å². The Morgan fingerprint density at radius 1 is 1.12 bits per heavy atom. The van der Waals surface area contributed by atoms with Crippen molar-refractivity contribution in [3.8, 4) is 0 Å². The first kappa shape index (κ1) is 17.3. The number of hydrogen-bond acceptors (Lipinski definition) is 2. The Bertz CT molecular complexity index is 976. The molecule has 0 aliphatic carbocycles. The molecule has 0 saturated carbocycles. The predicted molar refractivity (Wildman–Crippen MR) is 110 cm³/mol. The third-order valence-electron chi connectivity index (χ3n) is 5.29. The fourth-order valence-corrected chi connectivity index (χ4v) is 4.14. The number of fused-ring (bicyclic) bond motifs is 1. The summed E-state index contributed by atoms with van der Waals surface area (Å²) in [5.74, 6) is 0. The second kappa shape index (κ2) is 7.25. The molecule has 1 aromatic heterocycles. The molecule has 0 spiro atoms. The summed E-state index contributed by atoms with van der Waals surface area (Å²) in [5.41, 5.74) is 4.26. The lowest BCUT2D eigenvalue weighted by Gasteiger charge is -2.33. The summed E-state index contributed by atoms with van der Waals surface area (Å²) in [4.78, 5) is 20.3. The summed E-state index contributed by atoms with van der Waals surface area (Å²) >= 11 is 3.47. The number of H-pyrrole nitrogens is 1. The van der Waals surface area contributed by atoms with Crippen LogP contribution < -0.4 is 15.2 Å². The van der Waals surface area contributed by atoms with Gasteiger partial charge in [0.05, 0.1) is 31.7 Å². The molecule has 134 valence electrons. The second-order valence-electron chi connectivity index (χ2n) is 7.00. The average molecular weight is 413 g/mol. The maximum atomic E-state index is 13.0. The molecule has 1 aliphatic heterocycles. The first-order valence-electron chi connectivity index (χ1n) is 9.06. The fourth-order valence-electron chi connectivity index (χ4n) is 3.78. The van der Waals surface area contributed by atoms with E-state index in [2.05, 4.69) is 56.1 Å². The van der Waals surface area contributed by atoms with Crippen molar-refractivity contribution in [3.05, 3.63) is 74.5 Å². The van der Waals surface area contributed by atoms with E-state index in [4.69, 9.17) is 0 Å². The molecule has 2 heterocycles. The van der Waals surface area contributed by atoms with Gasteiger partial charge in [0, 0.05) is 26.8 Å². The SMILES string of the molecule is Cc1[nH]c2ccc(Br)cc2c(=O)c1C[NH+]1CCN(c2ccccc2)CC1. The van der Waals surface area contributed by atoms with E-state index in [1.807, 2.05) is 25.1 Å². The number of quaternary nitrogens is 1. The molecule has 2 N–H and O–H groups in total. The number of aryl methyl sites for hydroxylation is 1. The first-order chi connectivity index (χ1) is 12.6. The van der Waals surface area contributed by atoms with Crippen LogP contribution in [0.2, 0.25) is 0 Å². The maximum absolute atomic E-state index is 13.0. The number of aromatic nitrogens is 1. The van der Waals surface area contributed by atoms with Crippen molar-refractivity contribution < 1.29 is 4.90 Å². The molecule has 0 unspecified atom stereocenters. The molecule has 0 bridgehead atoms. The normalized spacial score (nSPS) is 15.5. The van der Waals surface area contributed by atoms with Gasteiger partial charge >= 0.3 is 0 Å². The highest BCUT2D eigenvalue weighted by Crippen LogP contribution is 2.17. The number of para-hydroxylation sites is 1. The lowest BCUT2D eigenvalue weighted by Crippen LogP contribution is -3.13. The smallest absolute Gasteiger partial charge is 0.198 e. The zero-order chi connectivity index (χ0) is 18.1. The number of halogens is 1. The van der Waals surface area contributed by atoms with Gasteiger partial charge in [-0.2, -0.15) is 0 Å². The van der Waals surface area contributed by atoms with Crippen LogP contribution in [0, 0.1) is 6.92 Å². The summed E-state index contributed by atoms with van der Waals surface area (Å²) in [5, 5.41) is 0.766. The van der Waals surface area contributed by atoms with Gasteiger partial charge in [-0.1, -0.05) is 34.1 Å². The lowest BCUT2D eigenvalue weighted by molar-refractivity contribution is -0.914. The minimum absolute atomic E-state index is 0.163. The van der Waals surface area contributed by atoms with Crippen molar-refractivity contribution in [2.75, 3.05) is 31.1 Å². The summed E-state index contributed by atoms with van der Waals surface area (Å²) < 4.78 is 0.939. The third-order valence-corrected chi connectivity index (χ3v) is 5.79. The van der Waals surface area contributed by atoms with Crippen molar-refractivity contribution in [1.29, 1.82) is 0 Å². The molecule has 3 aromatic rings. The van der Waals surface area contributed by atoms with Gasteiger partial charge in [-0.05, 0) is 37.3 Å². The molecular formula is C21H23BrN3O+. The van der Waals surface area contributed by atoms with Gasteiger partial charge in [-0.15, -0.1) is 0 Å². The van der Waals surface area contributed by atoms with Gasteiger partial charge in [0.15, 0.2) is 5.43 Å². The summed E-state index contributed by atoms with van der Waals surface area (Å²) in [6.45, 7) is 6.93. The second-order valence-corrected chi connectivity index (χ2v) is 7.91. The minimum Gasteiger partial charge on any atom is -0.360 e. The number of anilines is 1. The van der Waals surface area contributed by atoms with E-state index < -0.39 is 0 Å². The first-order valence-corrected chi connectivity index (χ1v) is 9.86. The zero-order valence-electron chi connectivity index (χ0n) is 14.9. The summed E-state index contributed by atoms with van der Waals surface area (Å²) in [6.07, 6.45) is 0. The summed E-state index contributed by atoms with van der Waals surface area (Å²) in [6, 6.07) is 16.4. The molecule has 1 saturated heterocycles. The number of piperazine rings is 1. The van der Waals surface area contributed by atoms with Gasteiger partial charge in [-0.25, -0.2) is 0 Å². The van der Waals surface area contributed by atoms with Crippen molar-refractivity contribution in [3.63, 3.8) is 0 Å². The van der Waals surface area contributed by atoms with E-state index in [9.17, 15) is 4.79 Å². The van der Waals surface area contributed by atoms with Crippen LogP contribution in [0.3, 0.4) is 0 Å².